The second-order valence-electron chi connectivity index (χ2n) is 23.6. The second-order valence-corrected chi connectivity index (χ2v) is 24.9. The molecule has 8 heteroatoms. The van der Waals surface area contributed by atoms with Crippen LogP contribution in [0.3, 0.4) is 0 Å². The summed E-state index contributed by atoms with van der Waals surface area (Å²) in [6, 6.07) is 117. The molecule has 13 aromatic carbocycles. The summed E-state index contributed by atoms with van der Waals surface area (Å²) in [7, 11) is -1.75. The van der Waals surface area contributed by atoms with Gasteiger partial charge in [-0.1, -0.05) is 331 Å². The Labute approximate surface area is 556 Å². The first-order valence-electron chi connectivity index (χ1n) is 30.9. The Morgan fingerprint density at radius 2 is 0.533 bits per heavy atom. The fraction of sp³-hybridized carbons (Fsp3) is 0.0714. The minimum absolute atomic E-state index is 0.348. The van der Waals surface area contributed by atoms with E-state index in [-0.39, 0.29) is 18.3 Å². The molecule has 13 aromatic rings. The molecule has 0 radical (unpaired) electrons. The molecule has 1 fully saturated rings. The number of rotatable bonds is 11. The summed E-state index contributed by atoms with van der Waals surface area (Å²) in [6.45, 7) is 8.35. The predicted octanol–water partition coefficient (Wildman–Crippen LogP) is 21.1. The first-order valence-corrected chi connectivity index (χ1v) is 32.1. The van der Waals surface area contributed by atoms with Crippen LogP contribution >= 0.6 is 27.5 Å². The molecule has 0 saturated carbocycles. The lowest BCUT2D eigenvalue weighted by atomic mass is 9.78. The maximum atomic E-state index is 8.94. The minimum Gasteiger partial charge on any atom is -0.423 e. The molecule has 92 heavy (non-hydrogen) atoms. The largest absolute Gasteiger partial charge is 0.494 e. The fourth-order valence-corrected chi connectivity index (χ4v) is 11.5. The van der Waals surface area contributed by atoms with E-state index in [2.05, 4.69) is 286 Å². The van der Waals surface area contributed by atoms with Crippen LogP contribution in [0.1, 0.15) is 27.7 Å². The maximum Gasteiger partial charge on any atom is 0.494 e. The SMILES string of the molecule is Brc1cccc(-c2ccc(-c3ccccc3)cc2)c1.CC1(C)OB(c2cccc(-c3cccc(-c4ccc(-c5ccccc5)cc4)c3)c2)OC1(C)C.Clc1cccc(-c2cccc(-c3ccc(-c4ccccc4)cc3)c2)c1.OB(O)c1ccc(-c2ccccc2)cc1. The molecule has 1 aliphatic rings. The fourth-order valence-electron chi connectivity index (χ4n) is 10.9. The van der Waals surface area contributed by atoms with E-state index in [0.29, 0.717) is 5.46 Å². The second kappa shape index (κ2) is 30.1. The molecule has 4 nitrogen and oxygen atoms in total. The zero-order valence-electron chi connectivity index (χ0n) is 52.0. The van der Waals surface area contributed by atoms with Crippen molar-refractivity contribution in [3.8, 4) is 100 Å². The summed E-state index contributed by atoms with van der Waals surface area (Å²) in [5, 5.41) is 18.6. The summed E-state index contributed by atoms with van der Waals surface area (Å²) in [4.78, 5) is 0. The molecule has 0 unspecified atom stereocenters. The Morgan fingerprint density at radius 3 is 0.870 bits per heavy atom. The van der Waals surface area contributed by atoms with Crippen molar-refractivity contribution >= 4 is 52.7 Å². The molecule has 0 bridgehead atoms. The molecule has 450 valence electrons. The molecule has 0 aliphatic carbocycles. The first-order chi connectivity index (χ1) is 44.7. The van der Waals surface area contributed by atoms with Gasteiger partial charge in [-0.2, -0.15) is 0 Å². The van der Waals surface area contributed by atoms with Crippen molar-refractivity contribution in [1.29, 1.82) is 0 Å². The number of hydrogen-bond acceptors (Lipinski definition) is 4. The van der Waals surface area contributed by atoms with Crippen molar-refractivity contribution in [3.63, 3.8) is 0 Å². The average Bonchev–Trinajstić information content (AvgIpc) is 1.65. The highest BCUT2D eigenvalue weighted by molar-refractivity contribution is 9.10. The van der Waals surface area contributed by atoms with Gasteiger partial charge in [0.15, 0.2) is 0 Å². The van der Waals surface area contributed by atoms with Crippen molar-refractivity contribution < 1.29 is 19.4 Å². The normalized spacial score (nSPS) is 12.6. The van der Waals surface area contributed by atoms with Gasteiger partial charge in [-0.05, 0) is 175 Å². The van der Waals surface area contributed by atoms with Crippen LogP contribution in [-0.2, 0) is 9.31 Å². The molecule has 0 aromatic heterocycles. The lowest BCUT2D eigenvalue weighted by molar-refractivity contribution is 0.00578. The van der Waals surface area contributed by atoms with Gasteiger partial charge in [0, 0.05) is 9.50 Å². The lowest BCUT2D eigenvalue weighted by Crippen LogP contribution is -2.41. The number of benzene rings is 13. The predicted molar refractivity (Wildman–Crippen MR) is 393 cm³/mol. The van der Waals surface area contributed by atoms with Gasteiger partial charge in [0.2, 0.25) is 0 Å². The van der Waals surface area contributed by atoms with Crippen molar-refractivity contribution in [2.45, 2.75) is 38.9 Å². The van der Waals surface area contributed by atoms with Gasteiger partial charge in [0.1, 0.15) is 0 Å². The third-order valence-corrected chi connectivity index (χ3v) is 17.5. The van der Waals surface area contributed by atoms with E-state index in [9.17, 15) is 0 Å². The Kier molecular flexibility index (Phi) is 21.0. The molecule has 1 aliphatic heterocycles. The Balaban J connectivity index is 0.000000131. The zero-order valence-corrected chi connectivity index (χ0v) is 54.3. The quantitative estimate of drug-likeness (QED) is 0.127. The molecule has 1 heterocycles. The van der Waals surface area contributed by atoms with Gasteiger partial charge in [-0.15, -0.1) is 0 Å². The molecule has 0 spiro atoms. The third kappa shape index (κ3) is 16.6. The standard InChI is InChI=1S/C30H29BO2.C24H17Cl.C18H13Br.C12H11BO2/c1-29(2)30(3,4)33-31(32-29)28-15-9-14-27(21-28)26-13-8-12-25(20-26)24-18-16-23(17-19-24)22-10-6-5-7-11-22;25-24-11-5-10-23(17-24)22-9-4-8-21(16-22)20-14-12-19(13-15-20)18-6-2-1-3-7-18;19-18-8-4-7-17(13-18)16-11-9-15(10-12-16)14-5-2-1-3-6-14;14-13(15)12-8-6-11(7-9-12)10-4-2-1-3-5-10/h5-21H,1-4H3;1-17H;1-13H;1-9,14-15H. The summed E-state index contributed by atoms with van der Waals surface area (Å²) < 4.78 is 13.6. The van der Waals surface area contributed by atoms with E-state index < -0.39 is 7.12 Å². The van der Waals surface area contributed by atoms with Gasteiger partial charge in [0.05, 0.1) is 11.2 Å². The van der Waals surface area contributed by atoms with Crippen LogP contribution in [0.15, 0.2) is 344 Å². The monoisotopic (exact) mass is 1280 g/mol. The van der Waals surface area contributed by atoms with Crippen LogP contribution in [0.4, 0.5) is 0 Å². The van der Waals surface area contributed by atoms with Crippen LogP contribution in [0, 0.1) is 0 Å². The Bertz CT molecular complexity index is 4460. The molecule has 0 atom stereocenters. The van der Waals surface area contributed by atoms with Crippen LogP contribution in [-0.4, -0.2) is 35.5 Å². The van der Waals surface area contributed by atoms with E-state index >= 15 is 0 Å². The smallest absolute Gasteiger partial charge is 0.423 e. The maximum absolute atomic E-state index is 8.94. The van der Waals surface area contributed by atoms with E-state index in [1.54, 1.807) is 12.1 Å². The summed E-state index contributed by atoms with van der Waals surface area (Å²) in [5.41, 5.74) is 22.4. The van der Waals surface area contributed by atoms with Gasteiger partial charge in [-0.25, -0.2) is 0 Å². The average molecular weight is 1280 g/mol. The lowest BCUT2D eigenvalue weighted by Gasteiger charge is -2.32. The number of halogens is 2. The van der Waals surface area contributed by atoms with Crippen molar-refractivity contribution in [2.75, 3.05) is 0 Å². The summed E-state index contributed by atoms with van der Waals surface area (Å²) in [5.74, 6) is 0. The topological polar surface area (TPSA) is 58.9 Å². The van der Waals surface area contributed by atoms with Crippen molar-refractivity contribution in [2.24, 2.45) is 0 Å². The summed E-state index contributed by atoms with van der Waals surface area (Å²) in [6.07, 6.45) is 0. The highest BCUT2D eigenvalue weighted by Gasteiger charge is 2.51. The van der Waals surface area contributed by atoms with Gasteiger partial charge in [-0.3, -0.25) is 0 Å². The van der Waals surface area contributed by atoms with Crippen LogP contribution in [0.2, 0.25) is 5.02 Å². The first kappa shape index (κ1) is 64.1. The van der Waals surface area contributed by atoms with Gasteiger partial charge in [0.25, 0.3) is 0 Å². The van der Waals surface area contributed by atoms with Crippen LogP contribution < -0.4 is 10.9 Å². The highest BCUT2D eigenvalue weighted by Crippen LogP contribution is 2.38. The van der Waals surface area contributed by atoms with Crippen molar-refractivity contribution in [1.82, 2.24) is 0 Å². The van der Waals surface area contributed by atoms with E-state index in [0.717, 1.165) is 37.2 Å². The zero-order chi connectivity index (χ0) is 63.9. The number of hydrogen-bond donors (Lipinski definition) is 2. The molecular weight excluding hydrogens is 1210 g/mol. The van der Waals surface area contributed by atoms with E-state index in [4.69, 9.17) is 31.0 Å². The highest BCUT2D eigenvalue weighted by atomic mass is 79.9. The molecular formula is C84H70B2BrClO4. The Hall–Kier alpha value is -9.40. The Morgan fingerprint density at radius 1 is 0.283 bits per heavy atom. The van der Waals surface area contributed by atoms with E-state index in [1.165, 1.54) is 77.9 Å². The van der Waals surface area contributed by atoms with Gasteiger partial charge >= 0.3 is 14.2 Å². The van der Waals surface area contributed by atoms with E-state index in [1.807, 2.05) is 84.9 Å². The third-order valence-electron chi connectivity index (χ3n) is 16.7. The summed E-state index contributed by atoms with van der Waals surface area (Å²) >= 11 is 9.64. The van der Waals surface area contributed by atoms with Crippen LogP contribution in [0.25, 0.3) is 100 Å². The van der Waals surface area contributed by atoms with Crippen LogP contribution in [0.5, 0.6) is 0 Å². The minimum atomic E-state index is -1.39. The molecule has 0 amide bonds. The van der Waals surface area contributed by atoms with Gasteiger partial charge < -0.3 is 19.4 Å². The van der Waals surface area contributed by atoms with Crippen molar-refractivity contribution in [3.05, 3.63) is 349 Å². The molecule has 14 rings (SSSR count). The molecule has 1 saturated heterocycles. The molecule has 2 N–H and O–H groups in total.